The van der Waals surface area contributed by atoms with Crippen LogP contribution >= 0.6 is 0 Å². The molecule has 0 saturated heterocycles. The molecule has 0 N–H and O–H groups in total. The van der Waals surface area contributed by atoms with Gasteiger partial charge < -0.3 is 4.43 Å². The predicted molar refractivity (Wildman–Crippen MR) is 86.4 cm³/mol. The number of hydrogen-bond donors (Lipinski definition) is 0. The molecule has 0 aromatic carbocycles. The Bertz CT molecular complexity index is 431. The van der Waals surface area contributed by atoms with Crippen molar-refractivity contribution < 1.29 is 9.22 Å². The van der Waals surface area contributed by atoms with E-state index in [0.29, 0.717) is 18.3 Å². The third-order valence-corrected chi connectivity index (χ3v) is 10.3. The van der Waals surface area contributed by atoms with Gasteiger partial charge in [-0.1, -0.05) is 33.3 Å². The highest BCUT2D eigenvalue weighted by molar-refractivity contribution is 6.74. The van der Waals surface area contributed by atoms with Crippen LogP contribution < -0.4 is 0 Å². The maximum Gasteiger partial charge on any atom is 0.192 e. The van der Waals surface area contributed by atoms with Gasteiger partial charge in [-0.25, -0.2) is 0 Å². The summed E-state index contributed by atoms with van der Waals surface area (Å²) in [7, 11) is -1.74. The number of fused-ring (bicyclic) bond motifs is 1. The fraction of sp³-hybridized carbons (Fsp3) is 0.824. The molecule has 1 fully saturated rings. The Balaban J connectivity index is 2.24. The largest absolute Gasteiger partial charge is 0.413 e. The lowest BCUT2D eigenvalue weighted by molar-refractivity contribution is -0.116. The summed E-state index contributed by atoms with van der Waals surface area (Å²) in [5.74, 6) is 0.311. The number of carbonyl (C=O) groups excluding carboxylic acids is 1. The Labute approximate surface area is 125 Å². The molecule has 0 aromatic rings. The fourth-order valence-corrected chi connectivity index (χ4v) is 4.66. The van der Waals surface area contributed by atoms with E-state index < -0.39 is 8.32 Å². The van der Waals surface area contributed by atoms with Crippen LogP contribution in [0.15, 0.2) is 11.6 Å². The second-order valence-corrected chi connectivity index (χ2v) is 13.1. The SMILES string of the molecule is CC(C)(C)[Si](C)(C)O[C@@H]1CCCC2=CC(=O)CC[C@]21C. The van der Waals surface area contributed by atoms with E-state index in [2.05, 4.69) is 40.8 Å². The molecule has 0 heterocycles. The maximum absolute atomic E-state index is 11.7. The summed E-state index contributed by atoms with van der Waals surface area (Å²) in [6, 6.07) is 0. The first-order valence-electron chi connectivity index (χ1n) is 7.98. The van der Waals surface area contributed by atoms with Gasteiger partial charge in [-0.3, -0.25) is 4.79 Å². The van der Waals surface area contributed by atoms with E-state index in [9.17, 15) is 4.79 Å². The lowest BCUT2D eigenvalue weighted by atomic mass is 9.64. The van der Waals surface area contributed by atoms with E-state index in [1.54, 1.807) is 0 Å². The van der Waals surface area contributed by atoms with Gasteiger partial charge in [0, 0.05) is 11.8 Å². The summed E-state index contributed by atoms with van der Waals surface area (Å²) < 4.78 is 6.74. The van der Waals surface area contributed by atoms with Gasteiger partial charge in [0.25, 0.3) is 0 Å². The van der Waals surface area contributed by atoms with Crippen molar-refractivity contribution in [1.82, 2.24) is 0 Å². The van der Waals surface area contributed by atoms with Gasteiger partial charge in [0.2, 0.25) is 0 Å². The Morgan fingerprint density at radius 1 is 1.30 bits per heavy atom. The van der Waals surface area contributed by atoms with Gasteiger partial charge in [-0.2, -0.15) is 0 Å². The predicted octanol–water partition coefficient (Wildman–Crippen LogP) is 4.86. The van der Waals surface area contributed by atoms with Gasteiger partial charge in [0.15, 0.2) is 14.1 Å². The molecular weight excluding hydrogens is 264 g/mol. The van der Waals surface area contributed by atoms with Gasteiger partial charge >= 0.3 is 0 Å². The summed E-state index contributed by atoms with van der Waals surface area (Å²) in [6.07, 6.45) is 7.28. The Morgan fingerprint density at radius 3 is 2.55 bits per heavy atom. The van der Waals surface area contributed by atoms with Crippen molar-refractivity contribution in [2.75, 3.05) is 0 Å². The number of allylic oxidation sites excluding steroid dienone is 1. The molecule has 0 radical (unpaired) electrons. The topological polar surface area (TPSA) is 26.3 Å². The molecule has 0 amide bonds. The van der Waals surface area contributed by atoms with Crippen LogP contribution in [0.3, 0.4) is 0 Å². The Morgan fingerprint density at radius 2 is 1.95 bits per heavy atom. The molecule has 2 rings (SSSR count). The number of hydrogen-bond acceptors (Lipinski definition) is 2. The summed E-state index contributed by atoms with van der Waals surface area (Å²) >= 11 is 0. The van der Waals surface area contributed by atoms with E-state index in [1.807, 2.05) is 6.08 Å². The van der Waals surface area contributed by atoms with Crippen LogP contribution in [0.2, 0.25) is 18.1 Å². The number of ketones is 1. The number of carbonyl (C=O) groups is 1. The molecule has 0 unspecified atom stereocenters. The molecule has 2 nitrogen and oxygen atoms in total. The molecular formula is C17H30O2Si. The zero-order valence-corrected chi connectivity index (χ0v) is 15.0. The van der Waals surface area contributed by atoms with Gasteiger partial charge in [-0.15, -0.1) is 0 Å². The van der Waals surface area contributed by atoms with Gasteiger partial charge in [0.05, 0.1) is 6.10 Å². The standard InChI is InChI=1S/C17H30O2Si/c1-16(2,3)20(5,6)19-15-9-7-8-13-12-14(18)10-11-17(13,15)4/h12,15H,7-11H2,1-6H3/t15-,17-/m1/s1. The van der Waals surface area contributed by atoms with E-state index in [-0.39, 0.29) is 10.5 Å². The minimum absolute atomic E-state index is 0.0989. The fourth-order valence-electron chi connectivity index (χ4n) is 3.22. The lowest BCUT2D eigenvalue weighted by Crippen LogP contribution is -2.51. The smallest absolute Gasteiger partial charge is 0.192 e. The minimum Gasteiger partial charge on any atom is -0.413 e. The first-order chi connectivity index (χ1) is 9.06. The zero-order valence-electron chi connectivity index (χ0n) is 14.0. The average Bonchev–Trinajstić information content (AvgIpc) is 2.30. The molecule has 0 bridgehead atoms. The van der Waals surface area contributed by atoms with Crippen molar-refractivity contribution in [3.05, 3.63) is 11.6 Å². The summed E-state index contributed by atoms with van der Waals surface area (Å²) in [4.78, 5) is 11.7. The van der Waals surface area contributed by atoms with Gasteiger partial charge in [-0.05, 0) is 49.9 Å². The molecule has 1 saturated carbocycles. The maximum atomic E-state index is 11.7. The molecule has 0 spiro atoms. The quantitative estimate of drug-likeness (QED) is 0.680. The third kappa shape index (κ3) is 2.80. The molecule has 0 aromatic heterocycles. The van der Waals surface area contributed by atoms with E-state index in [0.717, 1.165) is 25.7 Å². The molecule has 0 aliphatic heterocycles. The van der Waals surface area contributed by atoms with Crippen molar-refractivity contribution in [2.24, 2.45) is 5.41 Å². The average molecular weight is 295 g/mol. The van der Waals surface area contributed by atoms with Crippen LogP contribution in [0, 0.1) is 5.41 Å². The normalized spacial score (nSPS) is 31.8. The number of rotatable bonds is 2. The Kier molecular flexibility index (Phi) is 4.07. The summed E-state index contributed by atoms with van der Waals surface area (Å²) in [6.45, 7) is 13.9. The monoisotopic (exact) mass is 294 g/mol. The second-order valence-electron chi connectivity index (χ2n) is 8.31. The summed E-state index contributed by atoms with van der Waals surface area (Å²) in [5, 5.41) is 0.245. The van der Waals surface area contributed by atoms with Crippen molar-refractivity contribution in [3.8, 4) is 0 Å². The Hall–Kier alpha value is -0.413. The molecule has 2 aliphatic rings. The van der Waals surface area contributed by atoms with Crippen molar-refractivity contribution in [1.29, 1.82) is 0 Å². The molecule has 2 aliphatic carbocycles. The van der Waals surface area contributed by atoms with Crippen molar-refractivity contribution in [3.63, 3.8) is 0 Å². The van der Waals surface area contributed by atoms with E-state index in [1.165, 1.54) is 5.57 Å². The van der Waals surface area contributed by atoms with Crippen LogP contribution in [0.5, 0.6) is 0 Å². The van der Waals surface area contributed by atoms with E-state index in [4.69, 9.17) is 4.43 Å². The van der Waals surface area contributed by atoms with Crippen LogP contribution in [-0.2, 0) is 9.22 Å². The first-order valence-corrected chi connectivity index (χ1v) is 10.9. The van der Waals surface area contributed by atoms with Crippen LogP contribution in [0.25, 0.3) is 0 Å². The van der Waals surface area contributed by atoms with Crippen molar-refractivity contribution in [2.45, 2.75) is 84.0 Å². The second kappa shape index (κ2) is 5.10. The lowest BCUT2D eigenvalue weighted by Gasteiger charge is -2.50. The third-order valence-electron chi connectivity index (χ3n) is 5.83. The molecule has 3 heteroatoms. The van der Waals surface area contributed by atoms with E-state index >= 15 is 0 Å². The van der Waals surface area contributed by atoms with Gasteiger partial charge in [0.1, 0.15) is 0 Å². The summed E-state index contributed by atoms with van der Waals surface area (Å²) in [5.41, 5.74) is 1.45. The highest BCUT2D eigenvalue weighted by Crippen LogP contribution is 2.50. The highest BCUT2D eigenvalue weighted by Gasteiger charge is 2.47. The van der Waals surface area contributed by atoms with Crippen molar-refractivity contribution >= 4 is 14.1 Å². The molecule has 2 atom stereocenters. The highest BCUT2D eigenvalue weighted by atomic mass is 28.4. The molecule has 20 heavy (non-hydrogen) atoms. The zero-order chi connectivity index (χ0) is 15.2. The van der Waals surface area contributed by atoms with Crippen LogP contribution in [0.4, 0.5) is 0 Å². The molecule has 114 valence electrons. The minimum atomic E-state index is -1.74. The first kappa shape index (κ1) is 16.0. The van der Waals surface area contributed by atoms with Crippen LogP contribution in [0.1, 0.15) is 59.8 Å². The van der Waals surface area contributed by atoms with Crippen LogP contribution in [-0.4, -0.2) is 20.2 Å².